The van der Waals surface area contributed by atoms with E-state index in [0.29, 0.717) is 12.5 Å². The van der Waals surface area contributed by atoms with Crippen LogP contribution in [0.25, 0.3) is 0 Å². The molecular weight excluding hydrogens is 262 g/mol. The van der Waals surface area contributed by atoms with Crippen molar-refractivity contribution in [1.82, 2.24) is 15.7 Å². The molecule has 1 unspecified atom stereocenters. The number of hydrogen-bond donors (Lipinski definition) is 3. The summed E-state index contributed by atoms with van der Waals surface area (Å²) in [5.41, 5.74) is 3.61. The molecule has 19 heavy (non-hydrogen) atoms. The lowest BCUT2D eigenvalue weighted by Crippen LogP contribution is -2.42. The van der Waals surface area contributed by atoms with Crippen molar-refractivity contribution in [3.63, 3.8) is 0 Å². The van der Waals surface area contributed by atoms with E-state index in [1.807, 2.05) is 26.2 Å². The Morgan fingerprint density at radius 2 is 2.42 bits per heavy atom. The number of thiazole rings is 1. The quantitative estimate of drug-likeness (QED) is 0.231. The van der Waals surface area contributed by atoms with E-state index in [0.717, 1.165) is 30.3 Å². The number of nitrogens with zero attached hydrogens (tertiary/aromatic N) is 2. The maximum atomic E-state index is 5.45. The fraction of sp³-hybridized carbons (Fsp3) is 0.667. The zero-order valence-corrected chi connectivity index (χ0v) is 12.6. The summed E-state index contributed by atoms with van der Waals surface area (Å²) < 4.78 is 5.25. The van der Waals surface area contributed by atoms with Crippen molar-refractivity contribution in [3.8, 4) is 0 Å². The van der Waals surface area contributed by atoms with Gasteiger partial charge in [0.2, 0.25) is 5.96 Å². The Labute approximate surface area is 118 Å². The van der Waals surface area contributed by atoms with Gasteiger partial charge in [0.15, 0.2) is 0 Å². The van der Waals surface area contributed by atoms with Crippen molar-refractivity contribution in [2.75, 3.05) is 19.8 Å². The molecule has 0 saturated carbocycles. The first-order valence-corrected chi connectivity index (χ1v) is 7.32. The van der Waals surface area contributed by atoms with Gasteiger partial charge in [0.05, 0.1) is 6.04 Å². The van der Waals surface area contributed by atoms with Crippen LogP contribution in [0.3, 0.4) is 0 Å². The SMILES string of the molecule is CCOCCCN=C(NN)NC(C)c1nc(C)cs1. The van der Waals surface area contributed by atoms with Crippen LogP contribution in [0.15, 0.2) is 10.4 Å². The first-order chi connectivity index (χ1) is 9.17. The van der Waals surface area contributed by atoms with Crippen LogP contribution in [-0.2, 0) is 4.74 Å². The monoisotopic (exact) mass is 285 g/mol. The Morgan fingerprint density at radius 3 is 3.00 bits per heavy atom. The highest BCUT2D eigenvalue weighted by Gasteiger charge is 2.10. The highest BCUT2D eigenvalue weighted by atomic mass is 32.1. The fourth-order valence-electron chi connectivity index (χ4n) is 1.47. The van der Waals surface area contributed by atoms with E-state index in [4.69, 9.17) is 10.6 Å². The average molecular weight is 285 g/mol. The third kappa shape index (κ3) is 6.00. The van der Waals surface area contributed by atoms with Gasteiger partial charge in [-0.25, -0.2) is 10.8 Å². The Kier molecular flexibility index (Phi) is 7.39. The summed E-state index contributed by atoms with van der Waals surface area (Å²) >= 11 is 1.63. The van der Waals surface area contributed by atoms with Crippen LogP contribution < -0.4 is 16.6 Å². The second-order valence-corrected chi connectivity index (χ2v) is 5.01. The number of aromatic nitrogens is 1. The highest BCUT2D eigenvalue weighted by molar-refractivity contribution is 7.09. The molecule has 6 nitrogen and oxygen atoms in total. The minimum Gasteiger partial charge on any atom is -0.382 e. The molecule has 0 aliphatic rings. The summed E-state index contributed by atoms with van der Waals surface area (Å²) in [7, 11) is 0. The van der Waals surface area contributed by atoms with Gasteiger partial charge in [-0.15, -0.1) is 11.3 Å². The van der Waals surface area contributed by atoms with Crippen molar-refractivity contribution in [1.29, 1.82) is 0 Å². The van der Waals surface area contributed by atoms with Gasteiger partial charge in [-0.05, 0) is 27.2 Å². The number of hydrazine groups is 1. The van der Waals surface area contributed by atoms with E-state index in [1.165, 1.54) is 0 Å². The first-order valence-electron chi connectivity index (χ1n) is 6.44. The molecule has 0 aliphatic heterocycles. The highest BCUT2D eigenvalue weighted by Crippen LogP contribution is 2.16. The van der Waals surface area contributed by atoms with Crippen LogP contribution in [0.5, 0.6) is 0 Å². The van der Waals surface area contributed by atoms with Crippen LogP contribution >= 0.6 is 11.3 Å². The number of aliphatic imine (C=N–C) groups is 1. The third-order valence-corrected chi connectivity index (χ3v) is 3.56. The lowest BCUT2D eigenvalue weighted by Gasteiger charge is -2.14. The molecule has 7 heteroatoms. The Morgan fingerprint density at radius 1 is 1.63 bits per heavy atom. The molecule has 108 valence electrons. The smallest absolute Gasteiger partial charge is 0.206 e. The normalized spacial score (nSPS) is 13.4. The van der Waals surface area contributed by atoms with Crippen LogP contribution in [0.1, 0.15) is 37.0 Å². The number of hydrogen-bond acceptors (Lipinski definition) is 5. The molecule has 0 saturated heterocycles. The summed E-state index contributed by atoms with van der Waals surface area (Å²) in [6.07, 6.45) is 0.880. The molecule has 0 spiro atoms. The molecule has 1 aromatic heterocycles. The average Bonchev–Trinajstić information content (AvgIpc) is 2.83. The number of ether oxygens (including phenoxy) is 1. The number of nitrogens with one attached hydrogen (secondary N) is 2. The van der Waals surface area contributed by atoms with Gasteiger partial charge >= 0.3 is 0 Å². The van der Waals surface area contributed by atoms with Gasteiger partial charge in [0.1, 0.15) is 5.01 Å². The van der Waals surface area contributed by atoms with E-state index < -0.39 is 0 Å². The van der Waals surface area contributed by atoms with E-state index >= 15 is 0 Å². The van der Waals surface area contributed by atoms with Crippen LogP contribution in [0.4, 0.5) is 0 Å². The van der Waals surface area contributed by atoms with E-state index in [-0.39, 0.29) is 6.04 Å². The number of aryl methyl sites for hydroxylation is 1. The second kappa shape index (κ2) is 8.84. The van der Waals surface area contributed by atoms with Crippen LogP contribution in [-0.4, -0.2) is 30.7 Å². The molecule has 1 rings (SSSR count). The van der Waals surface area contributed by atoms with E-state index in [2.05, 4.69) is 20.7 Å². The third-order valence-electron chi connectivity index (χ3n) is 2.42. The van der Waals surface area contributed by atoms with E-state index in [9.17, 15) is 0 Å². The molecule has 0 aliphatic carbocycles. The molecule has 0 fully saturated rings. The predicted molar refractivity (Wildman–Crippen MR) is 79.1 cm³/mol. The maximum absolute atomic E-state index is 5.45. The van der Waals surface area contributed by atoms with E-state index in [1.54, 1.807) is 11.3 Å². The lowest BCUT2D eigenvalue weighted by atomic mass is 10.3. The van der Waals surface area contributed by atoms with Crippen molar-refractivity contribution >= 4 is 17.3 Å². The molecule has 1 heterocycles. The van der Waals surface area contributed by atoms with Crippen molar-refractivity contribution in [2.24, 2.45) is 10.8 Å². The van der Waals surface area contributed by atoms with Crippen molar-refractivity contribution < 1.29 is 4.74 Å². The van der Waals surface area contributed by atoms with Crippen LogP contribution in [0, 0.1) is 6.92 Å². The predicted octanol–water partition coefficient (Wildman–Crippen LogP) is 1.35. The molecule has 0 amide bonds. The minimum atomic E-state index is 0.0837. The van der Waals surface area contributed by atoms with Crippen molar-refractivity contribution in [2.45, 2.75) is 33.2 Å². The van der Waals surface area contributed by atoms with Gasteiger partial charge in [-0.2, -0.15) is 0 Å². The Balaban J connectivity index is 2.40. The van der Waals surface area contributed by atoms with Gasteiger partial charge in [0, 0.05) is 30.8 Å². The largest absolute Gasteiger partial charge is 0.382 e. The molecule has 4 N–H and O–H groups in total. The molecule has 1 aromatic rings. The van der Waals surface area contributed by atoms with Gasteiger partial charge in [-0.3, -0.25) is 10.4 Å². The Hall–Kier alpha value is -1.18. The second-order valence-electron chi connectivity index (χ2n) is 4.12. The summed E-state index contributed by atoms with van der Waals surface area (Å²) in [5.74, 6) is 6.03. The fourth-order valence-corrected chi connectivity index (χ4v) is 2.28. The zero-order chi connectivity index (χ0) is 14.1. The topological polar surface area (TPSA) is 84.6 Å². The van der Waals surface area contributed by atoms with Crippen molar-refractivity contribution in [3.05, 3.63) is 16.1 Å². The van der Waals surface area contributed by atoms with Gasteiger partial charge in [-0.1, -0.05) is 0 Å². The lowest BCUT2D eigenvalue weighted by molar-refractivity contribution is 0.146. The first kappa shape index (κ1) is 15.9. The molecule has 0 bridgehead atoms. The number of rotatable bonds is 7. The summed E-state index contributed by atoms with van der Waals surface area (Å²) in [6.45, 7) is 8.14. The number of guanidine groups is 1. The van der Waals surface area contributed by atoms with Crippen LogP contribution in [0.2, 0.25) is 0 Å². The standard InChI is InChI=1S/C12H23N5OS/c1-4-18-7-5-6-14-12(17-13)16-10(3)11-15-9(2)8-19-11/h8,10H,4-7,13H2,1-3H3,(H2,14,16,17). The summed E-state index contributed by atoms with van der Waals surface area (Å²) in [4.78, 5) is 8.78. The summed E-state index contributed by atoms with van der Waals surface area (Å²) in [6, 6.07) is 0.0837. The van der Waals surface area contributed by atoms with Gasteiger partial charge in [0.25, 0.3) is 0 Å². The molecular formula is C12H23N5OS. The summed E-state index contributed by atoms with van der Waals surface area (Å²) in [5, 5.41) is 6.26. The van der Waals surface area contributed by atoms with Gasteiger partial charge < -0.3 is 10.1 Å². The molecule has 1 atom stereocenters. The zero-order valence-electron chi connectivity index (χ0n) is 11.8. The molecule has 0 aromatic carbocycles. The minimum absolute atomic E-state index is 0.0837. The Bertz CT molecular complexity index is 393. The number of nitrogens with two attached hydrogens (primary N) is 1. The maximum Gasteiger partial charge on any atom is 0.206 e. The molecule has 0 radical (unpaired) electrons.